The first-order valence-corrected chi connectivity index (χ1v) is 10.9. The molecule has 0 heterocycles. The van der Waals surface area contributed by atoms with Gasteiger partial charge < -0.3 is 5.32 Å². The maximum Gasteiger partial charge on any atom is 0.251 e. The lowest BCUT2D eigenvalue weighted by atomic mass is 9.87. The Morgan fingerprint density at radius 1 is 1.00 bits per heavy atom. The average molecular weight is 408 g/mol. The molecule has 0 unspecified atom stereocenters. The second-order valence-corrected chi connectivity index (χ2v) is 8.54. The predicted molar refractivity (Wildman–Crippen MR) is 117 cm³/mol. The summed E-state index contributed by atoms with van der Waals surface area (Å²) in [5.41, 5.74) is 4.52. The number of nitrogens with one attached hydrogen (secondary N) is 1. The molecule has 0 saturated carbocycles. The van der Waals surface area contributed by atoms with Crippen molar-refractivity contribution in [1.82, 2.24) is 5.32 Å². The minimum atomic E-state index is -0.00129. The molecule has 0 spiro atoms. The Morgan fingerprint density at radius 2 is 1.75 bits per heavy atom. The maximum absolute atomic E-state index is 12.7. The molecule has 3 aromatic carbocycles. The Labute approximate surface area is 175 Å². The molecular formula is C24H22ClNOS. The monoisotopic (exact) mass is 407 g/mol. The molecule has 28 heavy (non-hydrogen) atoms. The zero-order valence-corrected chi connectivity index (χ0v) is 17.1. The van der Waals surface area contributed by atoms with E-state index in [2.05, 4.69) is 29.6 Å². The van der Waals surface area contributed by atoms with Crippen LogP contribution in [0.15, 0.2) is 77.7 Å². The van der Waals surface area contributed by atoms with Crippen LogP contribution in [-0.2, 0) is 12.2 Å². The van der Waals surface area contributed by atoms with Gasteiger partial charge >= 0.3 is 0 Å². The van der Waals surface area contributed by atoms with Crippen LogP contribution in [0.5, 0.6) is 0 Å². The van der Waals surface area contributed by atoms with E-state index in [1.54, 1.807) is 11.8 Å². The van der Waals surface area contributed by atoms with Gasteiger partial charge in [-0.15, -0.1) is 11.8 Å². The minimum Gasteiger partial charge on any atom is -0.345 e. The van der Waals surface area contributed by atoms with Gasteiger partial charge in [-0.3, -0.25) is 4.79 Å². The molecule has 1 aliphatic rings. The van der Waals surface area contributed by atoms with Crippen molar-refractivity contribution in [3.8, 4) is 0 Å². The van der Waals surface area contributed by atoms with Gasteiger partial charge in [-0.25, -0.2) is 0 Å². The van der Waals surface area contributed by atoms with E-state index in [9.17, 15) is 4.79 Å². The van der Waals surface area contributed by atoms with Crippen molar-refractivity contribution in [3.63, 3.8) is 0 Å². The van der Waals surface area contributed by atoms with E-state index in [0.29, 0.717) is 5.56 Å². The Balaban J connectivity index is 1.37. The lowest BCUT2D eigenvalue weighted by Crippen LogP contribution is -2.30. The quantitative estimate of drug-likeness (QED) is 0.493. The predicted octanol–water partition coefficient (Wildman–Crippen LogP) is 6.44. The lowest BCUT2D eigenvalue weighted by Gasteiger charge is -2.26. The van der Waals surface area contributed by atoms with Crippen molar-refractivity contribution in [2.45, 2.75) is 36.0 Å². The van der Waals surface area contributed by atoms with Gasteiger partial charge in [-0.2, -0.15) is 0 Å². The van der Waals surface area contributed by atoms with Crippen molar-refractivity contribution in [3.05, 3.63) is 100 Å². The number of halogens is 1. The second-order valence-electron chi connectivity index (χ2n) is 7.06. The van der Waals surface area contributed by atoms with Gasteiger partial charge in [0.2, 0.25) is 0 Å². The van der Waals surface area contributed by atoms with Gasteiger partial charge in [0.25, 0.3) is 5.91 Å². The van der Waals surface area contributed by atoms with Crippen LogP contribution in [0.4, 0.5) is 0 Å². The van der Waals surface area contributed by atoms with Crippen LogP contribution in [0, 0.1) is 0 Å². The lowest BCUT2D eigenvalue weighted by molar-refractivity contribution is 0.0933. The molecular weight excluding hydrogens is 386 g/mol. The first kappa shape index (κ1) is 19.1. The van der Waals surface area contributed by atoms with E-state index in [4.69, 9.17) is 11.6 Å². The van der Waals surface area contributed by atoms with E-state index >= 15 is 0 Å². The number of hydrogen-bond acceptors (Lipinski definition) is 2. The van der Waals surface area contributed by atoms with Gasteiger partial charge in [0, 0.05) is 21.2 Å². The highest BCUT2D eigenvalue weighted by molar-refractivity contribution is 7.98. The Bertz CT molecular complexity index is 953. The normalized spacial score (nSPS) is 15.7. The van der Waals surface area contributed by atoms with Crippen molar-refractivity contribution in [2.75, 3.05) is 0 Å². The largest absolute Gasteiger partial charge is 0.345 e. The van der Waals surface area contributed by atoms with Crippen LogP contribution in [0.25, 0.3) is 0 Å². The zero-order valence-electron chi connectivity index (χ0n) is 15.5. The first-order chi connectivity index (χ1) is 13.7. The number of hydrogen-bond donors (Lipinski definition) is 1. The summed E-state index contributed by atoms with van der Waals surface area (Å²) in [6.45, 7) is 0. The van der Waals surface area contributed by atoms with E-state index in [-0.39, 0.29) is 11.9 Å². The van der Waals surface area contributed by atoms with Crippen LogP contribution in [0.2, 0.25) is 5.02 Å². The molecule has 1 aliphatic carbocycles. The molecule has 0 aliphatic heterocycles. The summed E-state index contributed by atoms with van der Waals surface area (Å²) in [6, 6.07) is 24.3. The molecule has 0 bridgehead atoms. The van der Waals surface area contributed by atoms with E-state index < -0.39 is 0 Å². The molecule has 0 aromatic heterocycles. The average Bonchev–Trinajstić information content (AvgIpc) is 2.74. The topological polar surface area (TPSA) is 29.1 Å². The highest BCUT2D eigenvalue weighted by Crippen LogP contribution is 2.30. The number of aryl methyl sites for hydroxylation is 1. The van der Waals surface area contributed by atoms with Gasteiger partial charge in [-0.1, -0.05) is 48.0 Å². The fourth-order valence-electron chi connectivity index (χ4n) is 3.60. The molecule has 2 nitrogen and oxygen atoms in total. The Morgan fingerprint density at radius 3 is 2.54 bits per heavy atom. The number of benzene rings is 3. The fraction of sp³-hybridized carbons (Fsp3) is 0.208. The van der Waals surface area contributed by atoms with Crippen molar-refractivity contribution in [2.24, 2.45) is 0 Å². The molecule has 0 saturated heterocycles. The number of thioether (sulfide) groups is 1. The molecule has 142 valence electrons. The minimum absolute atomic E-state index is 0.00129. The van der Waals surface area contributed by atoms with E-state index in [0.717, 1.165) is 30.0 Å². The molecule has 0 radical (unpaired) electrons. The summed E-state index contributed by atoms with van der Waals surface area (Å²) >= 11 is 7.68. The van der Waals surface area contributed by atoms with Crippen LogP contribution in [-0.4, -0.2) is 5.91 Å². The highest BCUT2D eigenvalue weighted by Gasteiger charge is 2.21. The molecule has 1 atom stereocenters. The van der Waals surface area contributed by atoms with Gasteiger partial charge in [0.05, 0.1) is 6.04 Å². The zero-order chi connectivity index (χ0) is 19.3. The Hall–Kier alpha value is -2.23. The van der Waals surface area contributed by atoms with Gasteiger partial charge in [0.1, 0.15) is 0 Å². The van der Waals surface area contributed by atoms with Crippen molar-refractivity contribution >= 4 is 29.3 Å². The third kappa shape index (κ3) is 4.60. The summed E-state index contributed by atoms with van der Waals surface area (Å²) in [4.78, 5) is 13.9. The Kier molecular flexibility index (Phi) is 6.04. The van der Waals surface area contributed by atoms with Crippen molar-refractivity contribution in [1.29, 1.82) is 0 Å². The van der Waals surface area contributed by atoms with E-state index in [1.807, 2.05) is 48.5 Å². The summed E-state index contributed by atoms with van der Waals surface area (Å²) < 4.78 is 0. The van der Waals surface area contributed by atoms with Crippen LogP contribution in [0.1, 0.15) is 45.9 Å². The van der Waals surface area contributed by atoms with Crippen molar-refractivity contribution < 1.29 is 4.79 Å². The smallest absolute Gasteiger partial charge is 0.251 e. The number of rotatable bonds is 5. The van der Waals surface area contributed by atoms with Crippen LogP contribution < -0.4 is 5.32 Å². The SMILES string of the molecule is O=C(N[C@@H]1CCCc2ccccc21)c1ccc(CSc2ccc(Cl)cc2)cc1. The highest BCUT2D eigenvalue weighted by atomic mass is 35.5. The molecule has 1 N–H and O–H groups in total. The number of carbonyl (C=O) groups excluding carboxylic acids is 1. The number of fused-ring (bicyclic) bond motifs is 1. The molecule has 0 fully saturated rings. The van der Waals surface area contributed by atoms with Crippen LogP contribution >= 0.6 is 23.4 Å². The molecule has 4 rings (SSSR count). The third-order valence-corrected chi connectivity index (χ3v) is 6.45. The standard InChI is InChI=1S/C24H22ClNOS/c25-20-12-14-21(15-13-20)28-16-17-8-10-19(11-9-17)24(27)26-23-7-3-5-18-4-1-2-6-22(18)23/h1-2,4,6,8-15,23H,3,5,7,16H2,(H,26,27)/t23-/m1/s1. The molecule has 1 amide bonds. The second kappa shape index (κ2) is 8.85. The fourth-order valence-corrected chi connectivity index (χ4v) is 4.58. The molecule has 4 heteroatoms. The van der Waals surface area contributed by atoms with E-state index in [1.165, 1.54) is 21.6 Å². The van der Waals surface area contributed by atoms with Gasteiger partial charge in [-0.05, 0) is 72.4 Å². The number of carbonyl (C=O) groups is 1. The summed E-state index contributed by atoms with van der Waals surface area (Å²) in [6.07, 6.45) is 3.21. The third-order valence-electron chi connectivity index (χ3n) is 5.11. The summed E-state index contributed by atoms with van der Waals surface area (Å²) in [5, 5.41) is 3.97. The van der Waals surface area contributed by atoms with Crippen LogP contribution in [0.3, 0.4) is 0 Å². The molecule has 3 aromatic rings. The maximum atomic E-state index is 12.7. The first-order valence-electron chi connectivity index (χ1n) is 9.55. The summed E-state index contributed by atoms with van der Waals surface area (Å²) in [5.74, 6) is 0.859. The summed E-state index contributed by atoms with van der Waals surface area (Å²) in [7, 11) is 0. The van der Waals surface area contributed by atoms with Gasteiger partial charge in [0.15, 0.2) is 0 Å². The number of amides is 1.